The molecule has 0 spiro atoms. The second-order valence-electron chi connectivity index (χ2n) is 3.43. The second kappa shape index (κ2) is 5.42. The molecule has 0 unspecified atom stereocenters. The van der Waals surface area contributed by atoms with Crippen LogP contribution in [0, 0.1) is 6.92 Å². The molecular weight excluding hydrogens is 222 g/mol. The van der Waals surface area contributed by atoms with Crippen molar-refractivity contribution in [3.05, 3.63) is 54.1 Å². The van der Waals surface area contributed by atoms with Crippen LogP contribution in [0.15, 0.2) is 48.5 Å². The van der Waals surface area contributed by atoms with Gasteiger partial charge >= 0.3 is 0 Å². The number of nitrogens with two attached hydrogens (primary N) is 1. The van der Waals surface area contributed by atoms with Crippen molar-refractivity contribution in [3.8, 4) is 11.5 Å². The summed E-state index contributed by atoms with van der Waals surface area (Å²) in [7, 11) is 0. The number of aryl methyl sites for hydroxylation is 1. The maximum absolute atomic E-state index is 5.79. The largest absolute Gasteiger partial charge is 0.457 e. The van der Waals surface area contributed by atoms with Crippen molar-refractivity contribution in [1.29, 1.82) is 0 Å². The van der Waals surface area contributed by atoms with Crippen molar-refractivity contribution in [2.24, 2.45) is 0 Å². The van der Waals surface area contributed by atoms with Crippen LogP contribution in [0.2, 0.25) is 0 Å². The van der Waals surface area contributed by atoms with Crippen LogP contribution in [0.1, 0.15) is 5.56 Å². The zero-order valence-corrected chi connectivity index (χ0v) is 9.83. The molecule has 2 aromatic rings. The van der Waals surface area contributed by atoms with Gasteiger partial charge in [0, 0.05) is 11.8 Å². The van der Waals surface area contributed by atoms with Crippen molar-refractivity contribution >= 4 is 18.1 Å². The van der Waals surface area contributed by atoms with E-state index in [2.05, 4.69) is 0 Å². The van der Waals surface area contributed by atoms with E-state index >= 15 is 0 Å². The number of benzene rings is 2. The number of para-hydroxylation sites is 1. The molecule has 84 valence electrons. The molecule has 0 fully saturated rings. The van der Waals surface area contributed by atoms with Crippen molar-refractivity contribution < 1.29 is 4.74 Å². The number of ether oxygens (including phenoxy) is 1. The van der Waals surface area contributed by atoms with Gasteiger partial charge in [-0.15, -0.1) is 12.4 Å². The van der Waals surface area contributed by atoms with E-state index in [9.17, 15) is 0 Å². The summed E-state index contributed by atoms with van der Waals surface area (Å²) in [6.07, 6.45) is 0. The molecule has 0 aliphatic heterocycles. The molecular formula is C13H14ClNO. The first-order valence-corrected chi connectivity index (χ1v) is 4.85. The number of halogens is 1. The molecule has 0 heterocycles. The number of hydrogen-bond donors (Lipinski definition) is 1. The molecule has 0 aliphatic carbocycles. The van der Waals surface area contributed by atoms with Gasteiger partial charge in [-0.3, -0.25) is 0 Å². The molecule has 2 nitrogen and oxygen atoms in total. The Hall–Kier alpha value is -1.67. The fourth-order valence-electron chi connectivity index (χ4n) is 1.31. The van der Waals surface area contributed by atoms with E-state index in [1.165, 1.54) is 0 Å². The summed E-state index contributed by atoms with van der Waals surface area (Å²) in [5.41, 5.74) is 7.61. The van der Waals surface area contributed by atoms with Gasteiger partial charge in [-0.2, -0.15) is 0 Å². The Labute approximate surface area is 101 Å². The topological polar surface area (TPSA) is 35.2 Å². The molecule has 0 aliphatic rings. The van der Waals surface area contributed by atoms with Crippen LogP contribution in [-0.2, 0) is 0 Å². The lowest BCUT2D eigenvalue weighted by atomic mass is 10.2. The Morgan fingerprint density at radius 1 is 0.938 bits per heavy atom. The molecule has 0 bridgehead atoms. The first kappa shape index (κ1) is 12.4. The maximum atomic E-state index is 5.79. The first-order valence-electron chi connectivity index (χ1n) is 4.85. The summed E-state index contributed by atoms with van der Waals surface area (Å²) in [6, 6.07) is 15.4. The van der Waals surface area contributed by atoms with E-state index in [0.29, 0.717) is 0 Å². The maximum Gasteiger partial charge on any atom is 0.129 e. The van der Waals surface area contributed by atoms with Crippen LogP contribution in [-0.4, -0.2) is 0 Å². The van der Waals surface area contributed by atoms with E-state index in [0.717, 1.165) is 22.7 Å². The number of hydrogen-bond acceptors (Lipinski definition) is 2. The normalized spacial score (nSPS) is 9.31. The Morgan fingerprint density at radius 2 is 1.62 bits per heavy atom. The average Bonchev–Trinajstić information content (AvgIpc) is 2.25. The molecule has 2 N–H and O–H groups in total. The summed E-state index contributed by atoms with van der Waals surface area (Å²) in [5, 5.41) is 0. The van der Waals surface area contributed by atoms with Gasteiger partial charge in [0.15, 0.2) is 0 Å². The highest BCUT2D eigenvalue weighted by molar-refractivity contribution is 5.85. The van der Waals surface area contributed by atoms with Crippen LogP contribution < -0.4 is 10.5 Å². The third-order valence-corrected chi connectivity index (χ3v) is 2.23. The van der Waals surface area contributed by atoms with E-state index in [1.807, 2.05) is 55.5 Å². The number of rotatable bonds is 2. The molecule has 2 aromatic carbocycles. The number of nitrogen functional groups attached to an aromatic ring is 1. The Bertz CT molecular complexity index is 457. The van der Waals surface area contributed by atoms with Crippen molar-refractivity contribution in [3.63, 3.8) is 0 Å². The van der Waals surface area contributed by atoms with Crippen LogP contribution in [0.5, 0.6) is 11.5 Å². The molecule has 16 heavy (non-hydrogen) atoms. The lowest BCUT2D eigenvalue weighted by Gasteiger charge is -2.07. The summed E-state index contributed by atoms with van der Waals surface area (Å²) < 4.78 is 5.63. The summed E-state index contributed by atoms with van der Waals surface area (Å²) >= 11 is 0. The van der Waals surface area contributed by atoms with E-state index < -0.39 is 0 Å². The third kappa shape index (κ3) is 2.91. The van der Waals surface area contributed by atoms with Gasteiger partial charge in [0.05, 0.1) is 0 Å². The zero-order valence-electron chi connectivity index (χ0n) is 9.01. The van der Waals surface area contributed by atoms with Gasteiger partial charge < -0.3 is 10.5 Å². The minimum Gasteiger partial charge on any atom is -0.457 e. The molecule has 0 radical (unpaired) electrons. The predicted octanol–water partition coefficient (Wildman–Crippen LogP) is 3.79. The zero-order chi connectivity index (χ0) is 10.7. The van der Waals surface area contributed by atoms with Crippen molar-refractivity contribution in [1.82, 2.24) is 0 Å². The predicted molar refractivity (Wildman–Crippen MR) is 69.4 cm³/mol. The molecule has 2 rings (SSSR count). The van der Waals surface area contributed by atoms with E-state index in [-0.39, 0.29) is 12.4 Å². The van der Waals surface area contributed by atoms with E-state index in [1.54, 1.807) is 0 Å². The SMILES string of the molecule is Cc1ccc(Oc2ccccc2)cc1N.Cl. The molecule has 0 amide bonds. The summed E-state index contributed by atoms with van der Waals surface area (Å²) in [6.45, 7) is 1.97. The molecule has 0 saturated heterocycles. The fraction of sp³-hybridized carbons (Fsp3) is 0.0769. The average molecular weight is 236 g/mol. The lowest BCUT2D eigenvalue weighted by molar-refractivity contribution is 0.483. The Kier molecular flexibility index (Phi) is 4.20. The van der Waals surface area contributed by atoms with Crippen LogP contribution in [0.3, 0.4) is 0 Å². The Morgan fingerprint density at radius 3 is 2.25 bits per heavy atom. The van der Waals surface area contributed by atoms with Gasteiger partial charge in [-0.1, -0.05) is 24.3 Å². The highest BCUT2D eigenvalue weighted by Gasteiger charge is 1.98. The second-order valence-corrected chi connectivity index (χ2v) is 3.43. The molecule has 0 saturated carbocycles. The van der Waals surface area contributed by atoms with Gasteiger partial charge in [-0.05, 0) is 30.7 Å². The van der Waals surface area contributed by atoms with E-state index in [4.69, 9.17) is 10.5 Å². The minimum atomic E-state index is 0. The monoisotopic (exact) mass is 235 g/mol. The highest BCUT2D eigenvalue weighted by Crippen LogP contribution is 2.24. The molecule has 0 atom stereocenters. The van der Waals surface area contributed by atoms with Gasteiger partial charge in [-0.25, -0.2) is 0 Å². The van der Waals surface area contributed by atoms with Crippen LogP contribution in [0.25, 0.3) is 0 Å². The van der Waals surface area contributed by atoms with Gasteiger partial charge in [0.2, 0.25) is 0 Å². The van der Waals surface area contributed by atoms with Gasteiger partial charge in [0.25, 0.3) is 0 Å². The summed E-state index contributed by atoms with van der Waals surface area (Å²) in [5.74, 6) is 1.59. The molecule has 0 aromatic heterocycles. The third-order valence-electron chi connectivity index (χ3n) is 2.23. The van der Waals surface area contributed by atoms with Gasteiger partial charge in [0.1, 0.15) is 11.5 Å². The van der Waals surface area contributed by atoms with Crippen molar-refractivity contribution in [2.75, 3.05) is 5.73 Å². The number of anilines is 1. The molecule has 3 heteroatoms. The standard InChI is InChI=1S/C13H13NO.ClH/c1-10-7-8-12(9-13(10)14)15-11-5-3-2-4-6-11;/h2-9H,14H2,1H3;1H. The smallest absolute Gasteiger partial charge is 0.129 e. The fourth-order valence-corrected chi connectivity index (χ4v) is 1.31. The minimum absolute atomic E-state index is 0. The summed E-state index contributed by atoms with van der Waals surface area (Å²) in [4.78, 5) is 0. The van der Waals surface area contributed by atoms with Crippen LogP contribution >= 0.6 is 12.4 Å². The lowest BCUT2D eigenvalue weighted by Crippen LogP contribution is -1.90. The van der Waals surface area contributed by atoms with Crippen molar-refractivity contribution in [2.45, 2.75) is 6.92 Å². The highest BCUT2D eigenvalue weighted by atomic mass is 35.5. The Balaban J connectivity index is 0.00000128. The first-order chi connectivity index (χ1) is 7.25. The van der Waals surface area contributed by atoms with Crippen LogP contribution in [0.4, 0.5) is 5.69 Å². The quantitative estimate of drug-likeness (QED) is 0.804.